The van der Waals surface area contributed by atoms with Crippen LogP contribution in [0.2, 0.25) is 0 Å². The van der Waals surface area contributed by atoms with Crippen LogP contribution in [0.15, 0.2) is 0 Å². The second kappa shape index (κ2) is 17.8. The summed E-state index contributed by atoms with van der Waals surface area (Å²) in [6.45, 7) is 1.46. The standard InChI is InChI=1S/C25H43F9N2O6/c1-5-7-21(4,42-18-22(27,24(29,30)31)20(3,26)6-2)23(28,25(32,33)34)19(37)36-9-11-39-13-15-41-17-16-40-14-12-38-10-8-35/h5-18,35H2,1-4H3,(H,36,37). The fourth-order valence-electron chi connectivity index (χ4n) is 3.76. The molecule has 0 aliphatic heterocycles. The minimum atomic E-state index is -6.00. The van der Waals surface area contributed by atoms with Crippen molar-refractivity contribution in [1.29, 1.82) is 0 Å². The molecule has 4 atom stereocenters. The summed E-state index contributed by atoms with van der Waals surface area (Å²) in [5.41, 5.74) is -11.5. The van der Waals surface area contributed by atoms with Crippen molar-refractivity contribution in [3.63, 3.8) is 0 Å². The molecule has 0 rings (SSSR count). The van der Waals surface area contributed by atoms with E-state index in [-0.39, 0.29) is 46.4 Å². The Morgan fingerprint density at radius 3 is 1.55 bits per heavy atom. The van der Waals surface area contributed by atoms with Crippen LogP contribution < -0.4 is 11.1 Å². The SMILES string of the molecule is CCCC(C)(OCC(F)(C(F)(F)F)C(C)(F)CC)C(F)(C(=O)NCCOCCOCCOCCOCCN)C(F)(F)F. The highest BCUT2D eigenvalue weighted by molar-refractivity contribution is 5.87. The van der Waals surface area contributed by atoms with E-state index in [1.54, 1.807) is 5.32 Å². The maximum atomic E-state index is 15.8. The van der Waals surface area contributed by atoms with Gasteiger partial charge >= 0.3 is 18.0 Å². The molecule has 252 valence electrons. The first-order chi connectivity index (χ1) is 19.3. The van der Waals surface area contributed by atoms with E-state index < -0.39 is 66.9 Å². The maximum Gasteiger partial charge on any atom is 0.434 e. The van der Waals surface area contributed by atoms with Gasteiger partial charge in [-0.3, -0.25) is 4.79 Å². The highest BCUT2D eigenvalue weighted by Gasteiger charge is 2.74. The van der Waals surface area contributed by atoms with E-state index >= 15 is 8.78 Å². The van der Waals surface area contributed by atoms with Crippen LogP contribution in [0, 0.1) is 0 Å². The lowest BCUT2D eigenvalue weighted by Crippen LogP contribution is -2.69. The number of carbonyl (C=O) groups excluding carboxylic acids is 1. The number of rotatable bonds is 23. The number of alkyl halides is 9. The van der Waals surface area contributed by atoms with Crippen LogP contribution in [0.1, 0.15) is 47.0 Å². The predicted molar refractivity (Wildman–Crippen MR) is 134 cm³/mol. The van der Waals surface area contributed by atoms with Gasteiger partial charge in [0.1, 0.15) is 5.60 Å². The molecule has 3 N–H and O–H groups in total. The van der Waals surface area contributed by atoms with Gasteiger partial charge in [-0.05, 0) is 26.7 Å². The first-order valence-corrected chi connectivity index (χ1v) is 13.4. The van der Waals surface area contributed by atoms with E-state index in [2.05, 4.69) is 4.74 Å². The van der Waals surface area contributed by atoms with Gasteiger partial charge in [0.25, 0.3) is 11.6 Å². The molecule has 0 aliphatic rings. The lowest BCUT2D eigenvalue weighted by molar-refractivity contribution is -0.319. The zero-order chi connectivity index (χ0) is 32.7. The third-order valence-corrected chi connectivity index (χ3v) is 6.60. The number of nitrogens with one attached hydrogen (secondary N) is 1. The molecule has 0 bridgehead atoms. The molecule has 0 radical (unpaired) electrons. The van der Waals surface area contributed by atoms with E-state index in [4.69, 9.17) is 24.7 Å². The number of nitrogens with two attached hydrogens (primary N) is 1. The molecule has 0 heterocycles. The molecule has 0 aromatic carbocycles. The van der Waals surface area contributed by atoms with Crippen LogP contribution in [-0.4, -0.2) is 113 Å². The quantitative estimate of drug-likeness (QED) is 0.127. The highest BCUT2D eigenvalue weighted by atomic mass is 19.4. The van der Waals surface area contributed by atoms with Crippen LogP contribution in [0.4, 0.5) is 39.5 Å². The van der Waals surface area contributed by atoms with Gasteiger partial charge in [-0.25, -0.2) is 13.2 Å². The summed E-state index contributed by atoms with van der Waals surface area (Å²) in [7, 11) is 0. The first-order valence-electron chi connectivity index (χ1n) is 13.4. The van der Waals surface area contributed by atoms with Gasteiger partial charge in [0.15, 0.2) is 5.67 Å². The number of amides is 1. The van der Waals surface area contributed by atoms with Crippen molar-refractivity contribution in [2.24, 2.45) is 5.73 Å². The Kier molecular flexibility index (Phi) is 17.2. The van der Waals surface area contributed by atoms with Crippen molar-refractivity contribution in [1.82, 2.24) is 5.32 Å². The fourth-order valence-corrected chi connectivity index (χ4v) is 3.76. The van der Waals surface area contributed by atoms with E-state index in [9.17, 15) is 35.5 Å². The van der Waals surface area contributed by atoms with Crippen LogP contribution in [0.5, 0.6) is 0 Å². The Balaban J connectivity index is 5.19. The van der Waals surface area contributed by atoms with Gasteiger partial charge in [-0.2, -0.15) is 26.3 Å². The number of halogens is 9. The highest BCUT2D eigenvalue weighted by Crippen LogP contribution is 2.50. The fraction of sp³-hybridized carbons (Fsp3) is 0.960. The van der Waals surface area contributed by atoms with Crippen molar-refractivity contribution in [2.75, 3.05) is 72.6 Å². The summed E-state index contributed by atoms with van der Waals surface area (Å²) in [6, 6.07) is 0. The summed E-state index contributed by atoms with van der Waals surface area (Å²) in [6.07, 6.45) is -14.2. The molecule has 4 unspecified atom stereocenters. The van der Waals surface area contributed by atoms with E-state index in [0.717, 1.165) is 6.92 Å². The smallest absolute Gasteiger partial charge is 0.378 e. The Hall–Kier alpha value is -1.40. The van der Waals surface area contributed by atoms with E-state index in [0.29, 0.717) is 33.3 Å². The van der Waals surface area contributed by atoms with Crippen LogP contribution >= 0.6 is 0 Å². The average molecular weight is 639 g/mol. The summed E-state index contributed by atoms with van der Waals surface area (Å²) in [4.78, 5) is 12.5. The average Bonchev–Trinajstić information content (AvgIpc) is 2.89. The molecule has 42 heavy (non-hydrogen) atoms. The summed E-state index contributed by atoms with van der Waals surface area (Å²) in [5.74, 6) is -2.28. The Morgan fingerprint density at radius 1 is 0.714 bits per heavy atom. The number of carbonyl (C=O) groups is 1. The van der Waals surface area contributed by atoms with Crippen molar-refractivity contribution < 1.29 is 68.0 Å². The third-order valence-electron chi connectivity index (χ3n) is 6.60. The topological polar surface area (TPSA) is 101 Å². The third kappa shape index (κ3) is 10.9. The molecular weight excluding hydrogens is 595 g/mol. The van der Waals surface area contributed by atoms with Crippen molar-refractivity contribution in [3.8, 4) is 0 Å². The Bertz CT molecular complexity index is 776. The van der Waals surface area contributed by atoms with Crippen molar-refractivity contribution in [3.05, 3.63) is 0 Å². The molecule has 0 saturated carbocycles. The van der Waals surface area contributed by atoms with Gasteiger partial charge in [0, 0.05) is 13.1 Å². The van der Waals surface area contributed by atoms with Crippen molar-refractivity contribution >= 4 is 5.91 Å². The number of hydrogen-bond donors (Lipinski definition) is 2. The molecule has 17 heteroatoms. The monoisotopic (exact) mass is 638 g/mol. The van der Waals surface area contributed by atoms with Gasteiger partial charge in [0.2, 0.25) is 0 Å². The van der Waals surface area contributed by atoms with Crippen molar-refractivity contribution in [2.45, 2.75) is 81.9 Å². The minimum absolute atomic E-state index is 0.0400. The van der Waals surface area contributed by atoms with E-state index in [1.807, 2.05) is 0 Å². The summed E-state index contributed by atoms with van der Waals surface area (Å²) in [5, 5.41) is 1.69. The number of ether oxygens (including phenoxy) is 5. The molecule has 0 spiro atoms. The predicted octanol–water partition coefficient (Wildman–Crippen LogP) is 4.38. The molecule has 1 amide bonds. The maximum absolute atomic E-state index is 15.8. The largest absolute Gasteiger partial charge is 0.434 e. The molecule has 0 aromatic rings. The van der Waals surface area contributed by atoms with Gasteiger partial charge in [-0.15, -0.1) is 0 Å². The number of hydrogen-bond acceptors (Lipinski definition) is 7. The lowest BCUT2D eigenvalue weighted by Gasteiger charge is -2.45. The lowest BCUT2D eigenvalue weighted by atomic mass is 9.79. The zero-order valence-electron chi connectivity index (χ0n) is 24.3. The second-order valence-electron chi connectivity index (χ2n) is 9.77. The molecule has 0 saturated heterocycles. The summed E-state index contributed by atoms with van der Waals surface area (Å²) >= 11 is 0. The molecule has 0 aromatic heterocycles. The van der Waals surface area contributed by atoms with Gasteiger partial charge in [-0.1, -0.05) is 20.3 Å². The molecule has 8 nitrogen and oxygen atoms in total. The van der Waals surface area contributed by atoms with Gasteiger partial charge < -0.3 is 34.7 Å². The minimum Gasteiger partial charge on any atom is -0.378 e. The Labute approximate surface area is 240 Å². The Morgan fingerprint density at radius 2 is 1.17 bits per heavy atom. The van der Waals surface area contributed by atoms with Crippen LogP contribution in [-0.2, 0) is 28.5 Å². The zero-order valence-corrected chi connectivity index (χ0v) is 24.3. The summed E-state index contributed by atoms with van der Waals surface area (Å²) < 4.78 is 153. The van der Waals surface area contributed by atoms with Crippen LogP contribution in [0.3, 0.4) is 0 Å². The molecular formula is C25H43F9N2O6. The normalized spacial score (nSPS) is 18.5. The molecule has 0 aliphatic carbocycles. The molecule has 0 fully saturated rings. The first kappa shape index (κ1) is 40.6. The van der Waals surface area contributed by atoms with Gasteiger partial charge in [0.05, 0.1) is 59.5 Å². The van der Waals surface area contributed by atoms with Crippen LogP contribution in [0.25, 0.3) is 0 Å². The second-order valence-corrected chi connectivity index (χ2v) is 9.77. The van der Waals surface area contributed by atoms with E-state index in [1.165, 1.54) is 6.92 Å².